The fraction of sp³-hybridized carbons (Fsp3) is 0.462. The van der Waals surface area contributed by atoms with Crippen LogP contribution in [0.1, 0.15) is 30.4 Å². The molecular formula is C13H21BrO3S. The third-order valence-corrected chi connectivity index (χ3v) is 3.13. The molecular weight excluding hydrogens is 316 g/mol. The molecule has 18 heavy (non-hydrogen) atoms. The molecule has 0 aliphatic heterocycles. The van der Waals surface area contributed by atoms with Crippen LogP contribution in [0.3, 0.4) is 0 Å². The van der Waals surface area contributed by atoms with Crippen molar-refractivity contribution in [2.75, 3.05) is 13.2 Å². The Hall–Kier alpha value is -0.490. The summed E-state index contributed by atoms with van der Waals surface area (Å²) in [7, 11) is 0. The van der Waals surface area contributed by atoms with E-state index >= 15 is 0 Å². The van der Waals surface area contributed by atoms with Crippen molar-refractivity contribution in [3.8, 4) is 0 Å². The molecule has 104 valence electrons. The molecule has 0 aromatic carbocycles. The van der Waals surface area contributed by atoms with Crippen molar-refractivity contribution in [3.63, 3.8) is 0 Å². The summed E-state index contributed by atoms with van der Waals surface area (Å²) >= 11 is 4.66. The van der Waals surface area contributed by atoms with Gasteiger partial charge in [-0.3, -0.25) is 4.79 Å². The van der Waals surface area contributed by atoms with E-state index in [4.69, 9.17) is 9.47 Å². The summed E-state index contributed by atoms with van der Waals surface area (Å²) in [6.07, 6.45) is 0.806. The summed E-state index contributed by atoms with van der Waals surface area (Å²) < 4.78 is 11.1. The molecule has 0 bridgehead atoms. The van der Waals surface area contributed by atoms with Gasteiger partial charge in [-0.25, -0.2) is 0 Å². The average Bonchev–Trinajstić information content (AvgIpc) is 2.79. The number of rotatable bonds is 5. The minimum absolute atomic E-state index is 0.0370. The topological polar surface area (TPSA) is 35.5 Å². The number of carbonyl (C=O) groups excluding carboxylic acids is 1. The molecule has 0 radical (unpaired) electrons. The predicted molar refractivity (Wildman–Crippen MR) is 81.4 cm³/mol. The van der Waals surface area contributed by atoms with Crippen molar-refractivity contribution < 1.29 is 14.3 Å². The van der Waals surface area contributed by atoms with Crippen LogP contribution in [0.25, 0.3) is 0 Å². The molecule has 0 N–H and O–H groups in total. The fourth-order valence-electron chi connectivity index (χ4n) is 0.908. The molecule has 0 spiro atoms. The second-order valence-corrected chi connectivity index (χ2v) is 4.62. The summed E-state index contributed by atoms with van der Waals surface area (Å²) in [5.41, 5.74) is 0. The van der Waals surface area contributed by atoms with Gasteiger partial charge in [-0.2, -0.15) is 0 Å². The van der Waals surface area contributed by atoms with Crippen molar-refractivity contribution in [2.45, 2.75) is 27.1 Å². The Morgan fingerprint density at radius 1 is 1.39 bits per heavy atom. The van der Waals surface area contributed by atoms with Crippen LogP contribution in [-0.4, -0.2) is 25.8 Å². The van der Waals surface area contributed by atoms with Gasteiger partial charge in [-0.15, -0.1) is 24.5 Å². The summed E-state index contributed by atoms with van der Waals surface area (Å²) in [6, 6.07) is 1.79. The maximum atomic E-state index is 10.0. The Labute approximate surface area is 122 Å². The van der Waals surface area contributed by atoms with Gasteiger partial charge in [-0.05, 0) is 42.8 Å². The molecule has 0 atom stereocenters. The lowest BCUT2D eigenvalue weighted by atomic mass is 10.5. The van der Waals surface area contributed by atoms with Crippen LogP contribution < -0.4 is 0 Å². The largest absolute Gasteiger partial charge is 0.353 e. The zero-order valence-electron chi connectivity index (χ0n) is 11.1. The van der Waals surface area contributed by atoms with E-state index in [9.17, 15) is 4.79 Å². The fourth-order valence-corrected chi connectivity index (χ4v) is 2.15. The zero-order valence-corrected chi connectivity index (χ0v) is 13.6. The highest BCUT2D eigenvalue weighted by molar-refractivity contribution is 9.10. The average molecular weight is 337 g/mol. The van der Waals surface area contributed by atoms with Crippen LogP contribution in [0.2, 0.25) is 0 Å². The SMILES string of the molecule is C=C.CCOC(C)OCC.O=Cc1cc(Br)cs1. The van der Waals surface area contributed by atoms with Crippen LogP contribution in [0.4, 0.5) is 0 Å². The molecule has 0 saturated carbocycles. The second kappa shape index (κ2) is 14.6. The van der Waals surface area contributed by atoms with Crippen LogP contribution in [0, 0.1) is 0 Å². The molecule has 1 heterocycles. The van der Waals surface area contributed by atoms with Crippen LogP contribution >= 0.6 is 27.3 Å². The number of hydrogen-bond acceptors (Lipinski definition) is 4. The van der Waals surface area contributed by atoms with Gasteiger partial charge in [0, 0.05) is 23.1 Å². The summed E-state index contributed by atoms with van der Waals surface area (Å²) in [5, 5.41) is 1.88. The van der Waals surface area contributed by atoms with Gasteiger partial charge in [0.2, 0.25) is 0 Å². The minimum atomic E-state index is -0.0370. The maximum absolute atomic E-state index is 10.0. The number of carbonyl (C=O) groups is 1. The van der Waals surface area contributed by atoms with Crippen LogP contribution in [-0.2, 0) is 9.47 Å². The monoisotopic (exact) mass is 336 g/mol. The highest BCUT2D eigenvalue weighted by Gasteiger charge is 1.94. The quantitative estimate of drug-likeness (QED) is 0.450. The van der Waals surface area contributed by atoms with Gasteiger partial charge in [0.05, 0.1) is 4.88 Å². The van der Waals surface area contributed by atoms with Gasteiger partial charge in [0.1, 0.15) is 0 Å². The summed E-state index contributed by atoms with van der Waals surface area (Å²) in [5.74, 6) is 0. The Bertz CT molecular complexity index is 296. The van der Waals surface area contributed by atoms with E-state index in [-0.39, 0.29) is 6.29 Å². The lowest BCUT2D eigenvalue weighted by Crippen LogP contribution is -2.11. The lowest BCUT2D eigenvalue weighted by molar-refractivity contribution is -0.123. The highest BCUT2D eigenvalue weighted by atomic mass is 79.9. The number of thiophene rings is 1. The number of hydrogen-bond donors (Lipinski definition) is 0. The molecule has 0 saturated heterocycles. The number of halogens is 1. The second-order valence-electron chi connectivity index (χ2n) is 2.76. The van der Waals surface area contributed by atoms with E-state index in [2.05, 4.69) is 29.1 Å². The van der Waals surface area contributed by atoms with Gasteiger partial charge < -0.3 is 9.47 Å². The van der Waals surface area contributed by atoms with Gasteiger partial charge in [0.25, 0.3) is 0 Å². The molecule has 5 heteroatoms. The number of aldehydes is 1. The van der Waals surface area contributed by atoms with Gasteiger partial charge in [0.15, 0.2) is 12.6 Å². The third kappa shape index (κ3) is 12.0. The van der Waals surface area contributed by atoms with Crippen molar-refractivity contribution in [1.29, 1.82) is 0 Å². The van der Waals surface area contributed by atoms with Gasteiger partial charge >= 0.3 is 0 Å². The first-order valence-corrected chi connectivity index (χ1v) is 7.23. The van der Waals surface area contributed by atoms with Crippen LogP contribution in [0.15, 0.2) is 29.1 Å². The Morgan fingerprint density at radius 2 is 1.89 bits per heavy atom. The minimum Gasteiger partial charge on any atom is -0.353 e. The molecule has 1 rings (SSSR count). The van der Waals surface area contributed by atoms with E-state index in [1.54, 1.807) is 6.07 Å². The first kappa shape index (κ1) is 19.8. The molecule has 0 aliphatic rings. The van der Waals surface area contributed by atoms with Crippen molar-refractivity contribution in [3.05, 3.63) is 34.0 Å². The van der Waals surface area contributed by atoms with E-state index in [0.717, 1.165) is 28.8 Å². The maximum Gasteiger partial charge on any atom is 0.160 e. The van der Waals surface area contributed by atoms with Crippen LogP contribution in [0.5, 0.6) is 0 Å². The van der Waals surface area contributed by atoms with Crippen molar-refractivity contribution >= 4 is 33.6 Å². The van der Waals surface area contributed by atoms with Crippen molar-refractivity contribution in [1.82, 2.24) is 0 Å². The molecule has 1 aromatic rings. The Morgan fingerprint density at radius 3 is 2.11 bits per heavy atom. The first-order valence-electron chi connectivity index (χ1n) is 5.56. The standard InChI is InChI=1S/C6H14O2.C5H3BrOS.C2H4/c1-4-7-6(3)8-5-2;6-4-1-5(2-7)8-3-4;1-2/h6H,4-5H2,1-3H3;1-3H;1-2H2. The summed E-state index contributed by atoms with van der Waals surface area (Å²) in [4.78, 5) is 10.8. The normalized spacial score (nSPS) is 8.94. The van der Waals surface area contributed by atoms with E-state index in [1.807, 2.05) is 26.2 Å². The lowest BCUT2D eigenvalue weighted by Gasteiger charge is -2.09. The first-order chi connectivity index (χ1) is 8.63. The highest BCUT2D eigenvalue weighted by Crippen LogP contribution is 2.17. The Kier molecular flexibility index (Phi) is 16.1. The number of ether oxygens (including phenoxy) is 2. The zero-order chi connectivity index (χ0) is 14.4. The van der Waals surface area contributed by atoms with E-state index in [1.165, 1.54) is 11.3 Å². The third-order valence-electron chi connectivity index (χ3n) is 1.51. The molecule has 0 amide bonds. The molecule has 0 aliphatic carbocycles. The van der Waals surface area contributed by atoms with E-state index in [0.29, 0.717) is 0 Å². The molecule has 1 aromatic heterocycles. The van der Waals surface area contributed by atoms with Gasteiger partial charge in [-0.1, -0.05) is 0 Å². The van der Waals surface area contributed by atoms with E-state index < -0.39 is 0 Å². The summed E-state index contributed by atoms with van der Waals surface area (Å²) in [6.45, 7) is 13.3. The Balaban J connectivity index is 0. The smallest absolute Gasteiger partial charge is 0.160 e. The van der Waals surface area contributed by atoms with Crippen molar-refractivity contribution in [2.24, 2.45) is 0 Å². The molecule has 0 fully saturated rings. The molecule has 0 unspecified atom stereocenters. The molecule has 3 nitrogen and oxygen atoms in total. The predicted octanol–water partition coefficient (Wildman–Crippen LogP) is 4.53.